The summed E-state index contributed by atoms with van der Waals surface area (Å²) in [5.74, 6) is -0.510. The number of para-hydroxylation sites is 1. The van der Waals surface area contributed by atoms with Crippen LogP contribution < -0.4 is 4.90 Å². The summed E-state index contributed by atoms with van der Waals surface area (Å²) in [6.45, 7) is -0.195. The van der Waals surface area contributed by atoms with Crippen LogP contribution in [-0.4, -0.2) is 28.5 Å². The predicted molar refractivity (Wildman–Crippen MR) is 160 cm³/mol. The Hall–Kier alpha value is -4.79. The molecule has 202 valence electrons. The summed E-state index contributed by atoms with van der Waals surface area (Å²) in [5.41, 5.74) is 3.92. The molecule has 0 spiro atoms. The van der Waals surface area contributed by atoms with Crippen LogP contribution in [0.2, 0.25) is 5.02 Å². The number of benzene rings is 3. The second kappa shape index (κ2) is 11.8. The lowest BCUT2D eigenvalue weighted by Crippen LogP contribution is -2.34. The molecular weight excluding hydrogens is 558 g/mol. The van der Waals surface area contributed by atoms with Crippen molar-refractivity contribution in [2.24, 2.45) is 0 Å². The van der Waals surface area contributed by atoms with Gasteiger partial charge in [0.1, 0.15) is 5.69 Å². The highest BCUT2D eigenvalue weighted by Crippen LogP contribution is 2.30. The molecule has 7 nitrogen and oxygen atoms in total. The van der Waals surface area contributed by atoms with Gasteiger partial charge < -0.3 is 9.15 Å². The van der Waals surface area contributed by atoms with Crippen molar-refractivity contribution < 1.29 is 18.7 Å². The number of rotatable bonds is 8. The van der Waals surface area contributed by atoms with E-state index in [-0.39, 0.29) is 6.54 Å². The van der Waals surface area contributed by atoms with Gasteiger partial charge in [-0.2, -0.15) is 0 Å². The van der Waals surface area contributed by atoms with Crippen molar-refractivity contribution in [3.05, 3.63) is 125 Å². The minimum absolute atomic E-state index is 0.269. The second-order valence-corrected chi connectivity index (χ2v) is 10.4. The lowest BCUT2D eigenvalue weighted by atomic mass is 10.1. The van der Waals surface area contributed by atoms with Crippen LogP contribution >= 0.6 is 22.9 Å². The van der Waals surface area contributed by atoms with Crippen molar-refractivity contribution in [1.29, 1.82) is 0 Å². The minimum atomic E-state index is -0.634. The first-order valence-electron chi connectivity index (χ1n) is 12.7. The molecule has 0 saturated heterocycles. The van der Waals surface area contributed by atoms with Gasteiger partial charge in [0.2, 0.25) is 0 Å². The first kappa shape index (κ1) is 26.4. The van der Waals surface area contributed by atoms with Crippen LogP contribution in [0.3, 0.4) is 0 Å². The molecule has 0 bridgehead atoms. The summed E-state index contributed by atoms with van der Waals surface area (Å²) in [7, 11) is 0. The molecule has 3 aromatic carbocycles. The molecule has 41 heavy (non-hydrogen) atoms. The maximum Gasteiger partial charge on any atom is 0.339 e. The number of halogens is 1. The first-order chi connectivity index (χ1) is 20.0. The molecule has 0 fully saturated rings. The van der Waals surface area contributed by atoms with Crippen molar-refractivity contribution >= 4 is 50.8 Å². The van der Waals surface area contributed by atoms with E-state index in [0.29, 0.717) is 38.1 Å². The number of fused-ring (bicyclic) bond motifs is 1. The molecule has 0 N–H and O–H groups in total. The van der Waals surface area contributed by atoms with Crippen LogP contribution in [0.25, 0.3) is 33.6 Å². The van der Waals surface area contributed by atoms with Gasteiger partial charge in [-0.15, -0.1) is 11.3 Å². The fourth-order valence-corrected chi connectivity index (χ4v) is 5.32. The predicted octanol–water partition coefficient (Wildman–Crippen LogP) is 7.66. The third-order valence-corrected chi connectivity index (χ3v) is 7.50. The standard InChI is InChI=1S/C32H22ClN3O4S/c33-23-14-12-22(13-15-23)28-20-41-32(35-28)36(18-21-7-2-1-3-8-21)30(37)19-40-31(38)25-17-27(29-11-6-16-39-29)34-26-10-5-4-9-24(25)26/h1-17,20H,18-19H2. The van der Waals surface area contributed by atoms with Crippen molar-refractivity contribution in [2.45, 2.75) is 6.54 Å². The number of carbonyl (C=O) groups excluding carboxylic acids is 2. The monoisotopic (exact) mass is 579 g/mol. The van der Waals surface area contributed by atoms with Gasteiger partial charge in [0.15, 0.2) is 17.5 Å². The Bertz CT molecular complexity index is 1820. The van der Waals surface area contributed by atoms with Crippen LogP contribution in [0.4, 0.5) is 5.13 Å². The maximum absolute atomic E-state index is 13.6. The fraction of sp³-hybridized carbons (Fsp3) is 0.0625. The topological polar surface area (TPSA) is 85.5 Å². The van der Waals surface area contributed by atoms with Crippen LogP contribution in [0, 0.1) is 0 Å². The lowest BCUT2D eigenvalue weighted by Gasteiger charge is -2.20. The quantitative estimate of drug-likeness (QED) is 0.172. The van der Waals surface area contributed by atoms with E-state index in [1.807, 2.05) is 66.0 Å². The van der Waals surface area contributed by atoms with E-state index in [4.69, 9.17) is 25.7 Å². The zero-order chi connectivity index (χ0) is 28.2. The van der Waals surface area contributed by atoms with Crippen molar-refractivity contribution in [3.8, 4) is 22.7 Å². The molecule has 1 amide bonds. The molecule has 0 radical (unpaired) electrons. The number of thiazole rings is 1. The fourth-order valence-electron chi connectivity index (χ4n) is 4.35. The highest BCUT2D eigenvalue weighted by Gasteiger charge is 2.23. The third kappa shape index (κ3) is 5.89. The second-order valence-electron chi connectivity index (χ2n) is 9.11. The zero-order valence-corrected chi connectivity index (χ0v) is 23.1. The molecule has 3 heterocycles. The number of carbonyl (C=O) groups is 2. The highest BCUT2D eigenvalue weighted by atomic mass is 35.5. The van der Waals surface area contributed by atoms with Gasteiger partial charge in [-0.25, -0.2) is 14.8 Å². The van der Waals surface area contributed by atoms with Gasteiger partial charge in [-0.3, -0.25) is 9.69 Å². The summed E-state index contributed by atoms with van der Waals surface area (Å²) < 4.78 is 11.1. The van der Waals surface area contributed by atoms with E-state index >= 15 is 0 Å². The molecule has 6 aromatic rings. The van der Waals surface area contributed by atoms with Crippen LogP contribution in [0.1, 0.15) is 15.9 Å². The van der Waals surface area contributed by atoms with Gasteiger partial charge in [0.25, 0.3) is 5.91 Å². The van der Waals surface area contributed by atoms with Crippen molar-refractivity contribution in [2.75, 3.05) is 11.5 Å². The average Bonchev–Trinajstić information content (AvgIpc) is 3.72. The zero-order valence-electron chi connectivity index (χ0n) is 21.6. The summed E-state index contributed by atoms with van der Waals surface area (Å²) >= 11 is 7.38. The number of amides is 1. The van der Waals surface area contributed by atoms with Crippen molar-refractivity contribution in [3.63, 3.8) is 0 Å². The first-order valence-corrected chi connectivity index (χ1v) is 14.0. The van der Waals surface area contributed by atoms with E-state index in [1.54, 1.807) is 42.7 Å². The molecule has 0 atom stereocenters. The van der Waals surface area contributed by atoms with E-state index in [9.17, 15) is 9.59 Å². The molecule has 0 aliphatic rings. The molecule has 3 aromatic heterocycles. The molecule has 0 aliphatic heterocycles. The number of furan rings is 1. The Morgan fingerprint density at radius 3 is 2.44 bits per heavy atom. The van der Waals surface area contributed by atoms with Gasteiger partial charge in [0, 0.05) is 21.4 Å². The SMILES string of the molecule is O=C(OCC(=O)N(Cc1ccccc1)c1nc(-c2ccc(Cl)cc2)cs1)c1cc(-c2ccco2)nc2ccccc12. The van der Waals surface area contributed by atoms with Crippen molar-refractivity contribution in [1.82, 2.24) is 9.97 Å². The van der Waals surface area contributed by atoms with Gasteiger partial charge >= 0.3 is 5.97 Å². The van der Waals surface area contributed by atoms with Crippen LogP contribution in [-0.2, 0) is 16.1 Å². The number of nitrogens with zero attached hydrogens (tertiary/aromatic N) is 3. The molecular formula is C32H22ClN3O4S. The smallest absolute Gasteiger partial charge is 0.339 e. The normalized spacial score (nSPS) is 11.0. The summed E-state index contributed by atoms with van der Waals surface area (Å²) in [5, 5.41) is 3.63. The largest absolute Gasteiger partial charge is 0.463 e. The Morgan fingerprint density at radius 2 is 1.66 bits per heavy atom. The van der Waals surface area contributed by atoms with E-state index < -0.39 is 18.5 Å². The number of esters is 1. The number of hydrogen-bond donors (Lipinski definition) is 0. The molecule has 9 heteroatoms. The molecule has 6 rings (SSSR count). The highest BCUT2D eigenvalue weighted by molar-refractivity contribution is 7.14. The Balaban J connectivity index is 1.26. The van der Waals surface area contributed by atoms with E-state index in [0.717, 1.165) is 16.8 Å². The Morgan fingerprint density at radius 1 is 0.878 bits per heavy atom. The number of anilines is 1. The number of aromatic nitrogens is 2. The number of pyridine rings is 1. The third-order valence-electron chi connectivity index (χ3n) is 6.38. The minimum Gasteiger partial charge on any atom is -0.463 e. The van der Waals surface area contributed by atoms with E-state index in [2.05, 4.69) is 4.98 Å². The summed E-state index contributed by atoms with van der Waals surface area (Å²) in [6.07, 6.45) is 1.54. The van der Waals surface area contributed by atoms with Gasteiger partial charge in [-0.1, -0.05) is 72.3 Å². The molecule has 0 saturated carbocycles. The van der Waals surface area contributed by atoms with Gasteiger partial charge in [-0.05, 0) is 42.0 Å². The summed E-state index contributed by atoms with van der Waals surface area (Å²) in [6, 6.07) is 29.3. The Labute approximate surface area is 244 Å². The maximum atomic E-state index is 13.6. The van der Waals surface area contributed by atoms with Gasteiger partial charge in [0.05, 0.1) is 29.6 Å². The van der Waals surface area contributed by atoms with Crippen LogP contribution in [0.15, 0.2) is 113 Å². The Kier molecular flexibility index (Phi) is 7.58. The molecule has 0 unspecified atom stereocenters. The summed E-state index contributed by atoms with van der Waals surface area (Å²) in [4.78, 5) is 37.8. The van der Waals surface area contributed by atoms with E-state index in [1.165, 1.54) is 16.2 Å². The number of ether oxygens (including phenoxy) is 1. The number of hydrogen-bond acceptors (Lipinski definition) is 7. The lowest BCUT2D eigenvalue weighted by molar-refractivity contribution is -0.121. The van der Waals surface area contributed by atoms with Crippen LogP contribution in [0.5, 0.6) is 0 Å². The average molecular weight is 580 g/mol. The molecule has 0 aliphatic carbocycles.